The molecule has 16 heavy (non-hydrogen) atoms. The van der Waals surface area contributed by atoms with Crippen LogP contribution in [0.5, 0.6) is 0 Å². The van der Waals surface area contributed by atoms with Crippen LogP contribution in [0.1, 0.15) is 23.4 Å². The van der Waals surface area contributed by atoms with Gasteiger partial charge in [0.1, 0.15) is 0 Å². The maximum Gasteiger partial charge on any atom is 0.191 e. The summed E-state index contributed by atoms with van der Waals surface area (Å²) in [5, 5.41) is 0. The minimum atomic E-state index is 0.573. The van der Waals surface area contributed by atoms with Gasteiger partial charge in [-0.05, 0) is 31.9 Å². The minimum absolute atomic E-state index is 0.573. The van der Waals surface area contributed by atoms with Crippen molar-refractivity contribution in [1.29, 1.82) is 0 Å². The zero-order chi connectivity index (χ0) is 11.5. The predicted octanol–water partition coefficient (Wildman–Crippen LogP) is 1.22. The molecule has 4 heteroatoms. The Hall–Kier alpha value is -1.58. The molecule has 1 aliphatic rings. The Kier molecular flexibility index (Phi) is 3.08. The number of aromatic nitrogens is 1. The summed E-state index contributed by atoms with van der Waals surface area (Å²) >= 11 is 0. The van der Waals surface area contributed by atoms with Crippen LogP contribution in [-0.4, -0.2) is 28.9 Å². The molecule has 0 spiro atoms. The fraction of sp³-hybridized carbons (Fsp3) is 0.500. The molecule has 0 aromatic carbocycles. The van der Waals surface area contributed by atoms with Crippen molar-refractivity contribution in [3.63, 3.8) is 0 Å². The number of nitrogens with two attached hydrogens (primary N) is 1. The van der Waals surface area contributed by atoms with Crippen molar-refractivity contribution in [3.8, 4) is 0 Å². The number of pyridine rings is 1. The van der Waals surface area contributed by atoms with Crippen LogP contribution >= 0.6 is 0 Å². The molecule has 1 aliphatic heterocycles. The third-order valence-corrected chi connectivity index (χ3v) is 2.99. The molecule has 1 saturated heterocycles. The average molecular weight is 218 g/mol. The van der Waals surface area contributed by atoms with E-state index in [1.165, 1.54) is 12.0 Å². The van der Waals surface area contributed by atoms with Crippen molar-refractivity contribution >= 4 is 5.96 Å². The van der Waals surface area contributed by atoms with Crippen molar-refractivity contribution in [1.82, 2.24) is 9.88 Å². The third-order valence-electron chi connectivity index (χ3n) is 2.99. The number of rotatable bonds is 2. The smallest absolute Gasteiger partial charge is 0.191 e. The lowest BCUT2D eigenvalue weighted by Gasteiger charge is -2.31. The van der Waals surface area contributed by atoms with Crippen LogP contribution in [0.2, 0.25) is 0 Å². The summed E-state index contributed by atoms with van der Waals surface area (Å²) < 4.78 is 0. The van der Waals surface area contributed by atoms with Gasteiger partial charge in [-0.2, -0.15) is 0 Å². The number of guanidine groups is 1. The summed E-state index contributed by atoms with van der Waals surface area (Å²) in [6.45, 7) is 6.72. The number of hydrogen-bond donors (Lipinski definition) is 1. The lowest BCUT2D eigenvalue weighted by atomic mass is 10.2. The molecule has 1 aromatic rings. The first-order valence-corrected chi connectivity index (χ1v) is 5.65. The van der Waals surface area contributed by atoms with E-state index in [0.29, 0.717) is 12.5 Å². The lowest BCUT2D eigenvalue weighted by molar-refractivity contribution is 0.295. The van der Waals surface area contributed by atoms with Gasteiger partial charge in [-0.25, -0.2) is 4.99 Å². The Balaban J connectivity index is 2.00. The minimum Gasteiger partial charge on any atom is -0.370 e. The molecular formula is C12H18N4. The molecule has 2 heterocycles. The van der Waals surface area contributed by atoms with Crippen LogP contribution in [0.4, 0.5) is 0 Å². The highest BCUT2D eigenvalue weighted by Crippen LogP contribution is 2.08. The molecule has 0 unspecified atom stereocenters. The van der Waals surface area contributed by atoms with Crippen LogP contribution in [0.15, 0.2) is 17.1 Å². The second-order valence-electron chi connectivity index (χ2n) is 4.22. The van der Waals surface area contributed by atoms with E-state index in [9.17, 15) is 0 Å². The summed E-state index contributed by atoms with van der Waals surface area (Å²) in [4.78, 5) is 10.9. The number of aliphatic imine (C=N–C) groups is 1. The topological polar surface area (TPSA) is 54.5 Å². The van der Waals surface area contributed by atoms with Crippen molar-refractivity contribution < 1.29 is 0 Å². The Morgan fingerprint density at radius 1 is 1.44 bits per heavy atom. The van der Waals surface area contributed by atoms with E-state index < -0.39 is 0 Å². The van der Waals surface area contributed by atoms with Crippen molar-refractivity contribution in [2.45, 2.75) is 26.8 Å². The molecule has 86 valence electrons. The van der Waals surface area contributed by atoms with Gasteiger partial charge in [0, 0.05) is 18.8 Å². The fourth-order valence-electron chi connectivity index (χ4n) is 1.58. The molecule has 4 nitrogen and oxygen atoms in total. The summed E-state index contributed by atoms with van der Waals surface area (Å²) in [5.74, 6) is 0.645. The first kappa shape index (κ1) is 10.9. The average Bonchev–Trinajstić information content (AvgIpc) is 2.17. The number of nitrogens with zero attached hydrogens (tertiary/aromatic N) is 3. The van der Waals surface area contributed by atoms with Crippen LogP contribution in [0.25, 0.3) is 0 Å². The summed E-state index contributed by atoms with van der Waals surface area (Å²) in [6, 6.07) is 4.09. The van der Waals surface area contributed by atoms with E-state index in [4.69, 9.17) is 5.73 Å². The maximum atomic E-state index is 5.84. The Labute approximate surface area is 96.2 Å². The van der Waals surface area contributed by atoms with E-state index in [2.05, 4.69) is 27.9 Å². The van der Waals surface area contributed by atoms with Crippen LogP contribution in [0.3, 0.4) is 0 Å². The van der Waals surface area contributed by atoms with Gasteiger partial charge >= 0.3 is 0 Å². The Morgan fingerprint density at radius 2 is 2.19 bits per heavy atom. The van der Waals surface area contributed by atoms with Crippen LogP contribution < -0.4 is 5.73 Å². The molecule has 2 N–H and O–H groups in total. The SMILES string of the molecule is Cc1ccc(CN=C(N)N2CCC2)nc1C. The van der Waals surface area contributed by atoms with Gasteiger partial charge in [-0.3, -0.25) is 4.98 Å². The van der Waals surface area contributed by atoms with Gasteiger partial charge in [0.15, 0.2) is 5.96 Å². The van der Waals surface area contributed by atoms with Crippen LogP contribution in [0, 0.1) is 13.8 Å². The second kappa shape index (κ2) is 4.51. The van der Waals surface area contributed by atoms with Gasteiger partial charge in [-0.15, -0.1) is 0 Å². The normalized spacial score (nSPS) is 16.1. The van der Waals surface area contributed by atoms with Crippen molar-refractivity contribution in [2.75, 3.05) is 13.1 Å². The highest BCUT2D eigenvalue weighted by Gasteiger charge is 2.15. The van der Waals surface area contributed by atoms with Crippen LogP contribution in [-0.2, 0) is 6.54 Å². The highest BCUT2D eigenvalue weighted by molar-refractivity contribution is 5.78. The van der Waals surface area contributed by atoms with Crippen molar-refractivity contribution in [3.05, 3.63) is 29.1 Å². The summed E-state index contributed by atoms with van der Waals surface area (Å²) in [5.41, 5.74) is 9.10. The standard InChI is InChI=1S/C12H18N4/c1-9-4-5-11(15-10(9)2)8-14-12(13)16-6-3-7-16/h4-5H,3,6-8H2,1-2H3,(H2,13,14). The monoisotopic (exact) mass is 218 g/mol. The lowest BCUT2D eigenvalue weighted by Crippen LogP contribution is -2.46. The van der Waals surface area contributed by atoms with E-state index in [0.717, 1.165) is 24.5 Å². The molecule has 1 aromatic heterocycles. The van der Waals surface area contributed by atoms with Gasteiger partial charge in [0.05, 0.1) is 12.2 Å². The summed E-state index contributed by atoms with van der Waals surface area (Å²) in [7, 11) is 0. The molecular weight excluding hydrogens is 200 g/mol. The predicted molar refractivity (Wildman–Crippen MR) is 65.2 cm³/mol. The molecule has 0 aliphatic carbocycles. The first-order valence-electron chi connectivity index (χ1n) is 5.65. The van der Waals surface area contributed by atoms with E-state index >= 15 is 0 Å². The van der Waals surface area contributed by atoms with Gasteiger partial charge in [-0.1, -0.05) is 6.07 Å². The molecule has 1 fully saturated rings. The Morgan fingerprint density at radius 3 is 2.75 bits per heavy atom. The zero-order valence-corrected chi connectivity index (χ0v) is 9.90. The maximum absolute atomic E-state index is 5.84. The third kappa shape index (κ3) is 2.32. The fourth-order valence-corrected chi connectivity index (χ4v) is 1.58. The van der Waals surface area contributed by atoms with E-state index in [1.54, 1.807) is 0 Å². The number of hydrogen-bond acceptors (Lipinski definition) is 2. The Bertz CT molecular complexity index is 407. The van der Waals surface area contributed by atoms with E-state index in [1.807, 2.05) is 13.0 Å². The molecule has 0 radical (unpaired) electrons. The quantitative estimate of drug-likeness (QED) is 0.600. The number of aryl methyl sites for hydroxylation is 2. The molecule has 0 atom stereocenters. The highest BCUT2D eigenvalue weighted by atomic mass is 15.3. The molecule has 0 amide bonds. The molecule has 0 saturated carbocycles. The molecule has 2 rings (SSSR count). The van der Waals surface area contributed by atoms with Gasteiger partial charge in [0.2, 0.25) is 0 Å². The second-order valence-corrected chi connectivity index (χ2v) is 4.22. The largest absolute Gasteiger partial charge is 0.370 e. The zero-order valence-electron chi connectivity index (χ0n) is 9.90. The van der Waals surface area contributed by atoms with Gasteiger partial charge < -0.3 is 10.6 Å². The van der Waals surface area contributed by atoms with Gasteiger partial charge in [0.25, 0.3) is 0 Å². The molecule has 0 bridgehead atoms. The summed E-state index contributed by atoms with van der Waals surface area (Å²) in [6.07, 6.45) is 1.22. The number of likely N-dealkylation sites (tertiary alicyclic amines) is 1. The van der Waals surface area contributed by atoms with E-state index in [-0.39, 0.29) is 0 Å². The van der Waals surface area contributed by atoms with Crippen molar-refractivity contribution in [2.24, 2.45) is 10.7 Å². The first-order chi connectivity index (χ1) is 7.66.